The highest BCUT2D eigenvalue weighted by atomic mass is 16.5. The van der Waals surface area contributed by atoms with Gasteiger partial charge in [-0.25, -0.2) is 9.97 Å². The highest BCUT2D eigenvalue weighted by Gasteiger charge is 2.19. The Morgan fingerprint density at radius 1 is 1.17 bits per heavy atom. The van der Waals surface area contributed by atoms with Crippen molar-refractivity contribution >= 4 is 27.8 Å². The van der Waals surface area contributed by atoms with Crippen molar-refractivity contribution < 1.29 is 9.53 Å². The number of carbonyl (C=O) groups excluding carboxylic acids is 1. The van der Waals surface area contributed by atoms with Crippen LogP contribution in [0.5, 0.6) is 0 Å². The van der Waals surface area contributed by atoms with E-state index < -0.39 is 0 Å². The molecule has 1 fully saturated rings. The van der Waals surface area contributed by atoms with E-state index in [1.807, 2.05) is 31.2 Å². The van der Waals surface area contributed by atoms with E-state index in [0.29, 0.717) is 11.0 Å². The number of nitrogens with one attached hydrogen (secondary N) is 3. The Balaban J connectivity index is 1.37. The van der Waals surface area contributed by atoms with Gasteiger partial charge in [-0.1, -0.05) is 0 Å². The van der Waals surface area contributed by atoms with Crippen molar-refractivity contribution in [2.45, 2.75) is 13.0 Å². The molecule has 1 aromatic carbocycles. The van der Waals surface area contributed by atoms with Crippen LogP contribution in [0.15, 0.2) is 36.7 Å². The van der Waals surface area contributed by atoms with Gasteiger partial charge in [0, 0.05) is 49.0 Å². The van der Waals surface area contributed by atoms with Crippen LogP contribution in [0.2, 0.25) is 0 Å². The number of ether oxygens (including phenoxy) is 1. The first-order valence-electron chi connectivity index (χ1n) is 10.1. The van der Waals surface area contributed by atoms with E-state index in [1.54, 1.807) is 12.4 Å². The molecule has 154 valence electrons. The number of benzene rings is 1. The third-order valence-electron chi connectivity index (χ3n) is 5.34. The van der Waals surface area contributed by atoms with Crippen molar-refractivity contribution in [2.75, 3.05) is 32.8 Å². The first-order valence-corrected chi connectivity index (χ1v) is 10.1. The van der Waals surface area contributed by atoms with E-state index in [2.05, 4.69) is 35.4 Å². The monoisotopic (exact) mass is 405 g/mol. The minimum atomic E-state index is -0.253. The number of hydrogen-bond acceptors (Lipinski definition) is 6. The molecule has 1 saturated heterocycles. The second-order valence-electron chi connectivity index (χ2n) is 7.58. The fraction of sp³-hybridized carbons (Fsp3) is 0.333. The zero-order valence-electron chi connectivity index (χ0n) is 16.7. The summed E-state index contributed by atoms with van der Waals surface area (Å²) in [7, 11) is 0. The minimum absolute atomic E-state index is 0.000268. The maximum Gasteiger partial charge on any atom is 0.289 e. The molecule has 5 rings (SSSR count). The normalized spacial score (nSPS) is 16.2. The molecule has 1 aliphatic heterocycles. The predicted octanol–water partition coefficient (Wildman–Crippen LogP) is 1.95. The summed E-state index contributed by atoms with van der Waals surface area (Å²) in [5, 5.41) is 10.4. The Bertz CT molecular complexity index is 1180. The van der Waals surface area contributed by atoms with Crippen molar-refractivity contribution in [1.29, 1.82) is 0 Å². The van der Waals surface area contributed by atoms with Gasteiger partial charge in [0.25, 0.3) is 5.91 Å². The Morgan fingerprint density at radius 2 is 1.90 bits per heavy atom. The zero-order chi connectivity index (χ0) is 20.5. The van der Waals surface area contributed by atoms with Gasteiger partial charge >= 0.3 is 0 Å². The fourth-order valence-corrected chi connectivity index (χ4v) is 3.87. The number of H-pyrrole nitrogens is 2. The van der Waals surface area contributed by atoms with Crippen LogP contribution in [0.3, 0.4) is 0 Å². The van der Waals surface area contributed by atoms with E-state index in [4.69, 9.17) is 4.74 Å². The number of fused-ring (bicyclic) bond motifs is 2. The molecule has 3 aromatic heterocycles. The van der Waals surface area contributed by atoms with E-state index in [9.17, 15) is 4.79 Å². The largest absolute Gasteiger partial charge is 0.379 e. The number of carbonyl (C=O) groups is 1. The summed E-state index contributed by atoms with van der Waals surface area (Å²) in [6, 6.07) is 7.74. The number of amides is 1. The molecule has 0 saturated carbocycles. The standard InChI is InChI=1S/C21H23N7O2/c1-13(12-28-6-8-30-9-7-28)23-21(29)20-24-17-10-15-16(11-18(17)25-20)26-27-19(15)14-2-4-22-5-3-14/h2-5,10-11,13,26-27H,6-9,12H2,1H3,(H,23,29)/t13-/m1/s1. The van der Waals surface area contributed by atoms with Crippen LogP contribution in [0.1, 0.15) is 17.5 Å². The molecule has 4 aromatic rings. The maximum absolute atomic E-state index is 12.7. The van der Waals surface area contributed by atoms with Gasteiger partial charge in [-0.3, -0.25) is 19.8 Å². The van der Waals surface area contributed by atoms with Gasteiger partial charge < -0.3 is 15.2 Å². The summed E-state index contributed by atoms with van der Waals surface area (Å²) in [4.78, 5) is 28.0. The molecular weight excluding hydrogens is 382 g/mol. The fourth-order valence-electron chi connectivity index (χ4n) is 3.87. The van der Waals surface area contributed by atoms with Crippen molar-refractivity contribution in [1.82, 2.24) is 35.4 Å². The lowest BCUT2D eigenvalue weighted by molar-refractivity contribution is 0.0342. The Labute approximate surface area is 172 Å². The average Bonchev–Trinajstić information content (AvgIpc) is 3.36. The second-order valence-corrected chi connectivity index (χ2v) is 7.58. The maximum atomic E-state index is 12.7. The molecule has 30 heavy (non-hydrogen) atoms. The van der Waals surface area contributed by atoms with Gasteiger partial charge in [-0.15, -0.1) is 0 Å². The molecule has 0 spiro atoms. The molecule has 0 radical (unpaired) electrons. The molecule has 0 bridgehead atoms. The summed E-state index contributed by atoms with van der Waals surface area (Å²) in [5.41, 5.74) is 4.25. The first-order chi connectivity index (χ1) is 14.7. The highest BCUT2D eigenvalue weighted by molar-refractivity contribution is 6.02. The Kier molecular flexibility index (Phi) is 4.89. The number of hydrogen-bond donors (Lipinski definition) is 3. The number of morpholine rings is 1. The number of aromatic amines is 2. The van der Waals surface area contributed by atoms with E-state index in [1.165, 1.54) is 0 Å². The molecule has 0 unspecified atom stereocenters. The summed E-state index contributed by atoms with van der Waals surface area (Å²) in [6.45, 7) is 6.04. The number of nitrogens with zero attached hydrogens (tertiary/aromatic N) is 4. The highest BCUT2D eigenvalue weighted by Crippen LogP contribution is 2.28. The predicted molar refractivity (Wildman–Crippen MR) is 113 cm³/mol. The molecule has 0 aliphatic carbocycles. The first kappa shape index (κ1) is 18.7. The van der Waals surface area contributed by atoms with Crippen molar-refractivity contribution in [3.63, 3.8) is 0 Å². The third kappa shape index (κ3) is 3.64. The van der Waals surface area contributed by atoms with Crippen LogP contribution in [-0.4, -0.2) is 74.8 Å². The summed E-state index contributed by atoms with van der Waals surface area (Å²) >= 11 is 0. The Hall–Kier alpha value is -3.30. The van der Waals surface area contributed by atoms with E-state index >= 15 is 0 Å². The second kappa shape index (κ2) is 7.85. The molecule has 1 atom stereocenters. The Morgan fingerprint density at radius 3 is 2.67 bits per heavy atom. The van der Waals surface area contributed by atoms with E-state index in [-0.39, 0.29) is 17.8 Å². The topological polar surface area (TPSA) is 112 Å². The summed E-state index contributed by atoms with van der Waals surface area (Å²) in [5.74, 6) is -0.0579. The molecule has 1 amide bonds. The molecular formula is C21H23N7O2. The summed E-state index contributed by atoms with van der Waals surface area (Å²) in [6.07, 6.45) is 3.51. The van der Waals surface area contributed by atoms with Gasteiger partial charge in [0.05, 0.1) is 35.5 Å². The van der Waals surface area contributed by atoms with Crippen LogP contribution in [0, 0.1) is 0 Å². The number of rotatable bonds is 5. The quantitative estimate of drug-likeness (QED) is 0.468. The van der Waals surface area contributed by atoms with Gasteiger partial charge in [0.2, 0.25) is 5.82 Å². The van der Waals surface area contributed by atoms with Crippen LogP contribution in [0.25, 0.3) is 33.2 Å². The average molecular weight is 405 g/mol. The number of aromatic nitrogens is 5. The molecule has 9 heteroatoms. The van der Waals surface area contributed by atoms with Crippen molar-refractivity contribution in [3.05, 3.63) is 42.5 Å². The van der Waals surface area contributed by atoms with Gasteiger partial charge in [0.1, 0.15) is 0 Å². The minimum Gasteiger partial charge on any atom is -0.379 e. The molecule has 1 aliphatic rings. The van der Waals surface area contributed by atoms with Crippen LogP contribution >= 0.6 is 0 Å². The van der Waals surface area contributed by atoms with Crippen molar-refractivity contribution in [2.24, 2.45) is 0 Å². The zero-order valence-corrected chi connectivity index (χ0v) is 16.7. The lowest BCUT2D eigenvalue weighted by Crippen LogP contribution is -2.46. The molecule has 9 nitrogen and oxygen atoms in total. The van der Waals surface area contributed by atoms with Gasteiger partial charge in [-0.05, 0) is 31.2 Å². The van der Waals surface area contributed by atoms with Crippen LogP contribution in [0.4, 0.5) is 0 Å². The van der Waals surface area contributed by atoms with Gasteiger partial charge in [-0.2, -0.15) is 0 Å². The third-order valence-corrected chi connectivity index (χ3v) is 5.34. The van der Waals surface area contributed by atoms with E-state index in [0.717, 1.165) is 55.0 Å². The summed E-state index contributed by atoms with van der Waals surface area (Å²) < 4.78 is 5.37. The molecule has 4 heterocycles. The lowest BCUT2D eigenvalue weighted by Gasteiger charge is -2.29. The smallest absolute Gasteiger partial charge is 0.289 e. The van der Waals surface area contributed by atoms with Gasteiger partial charge in [0.15, 0.2) is 0 Å². The SMILES string of the molecule is C[C@H](CN1CCOCC1)NC(=O)c1nc2cc3[nH][nH]c(-c4ccncc4)c3cc2n1. The van der Waals surface area contributed by atoms with Crippen molar-refractivity contribution in [3.8, 4) is 11.3 Å². The number of imidazole rings is 1. The number of pyridine rings is 1. The lowest BCUT2D eigenvalue weighted by atomic mass is 10.1. The van der Waals surface area contributed by atoms with Crippen LogP contribution < -0.4 is 5.32 Å². The molecule has 3 N–H and O–H groups in total. The van der Waals surface area contributed by atoms with Crippen LogP contribution in [-0.2, 0) is 4.74 Å².